The quantitative estimate of drug-likeness (QED) is 0.785. The van der Waals surface area contributed by atoms with Gasteiger partial charge in [0.05, 0.1) is 18.6 Å². The van der Waals surface area contributed by atoms with Crippen LogP contribution in [0.25, 0.3) is 0 Å². The zero-order valence-electron chi connectivity index (χ0n) is 9.50. The van der Waals surface area contributed by atoms with Crippen LogP contribution >= 0.6 is 0 Å². The summed E-state index contributed by atoms with van der Waals surface area (Å²) in [5, 5.41) is 7.48. The molecule has 0 amide bonds. The van der Waals surface area contributed by atoms with Crippen molar-refractivity contribution >= 4 is 0 Å². The van der Waals surface area contributed by atoms with Crippen LogP contribution in [0.3, 0.4) is 0 Å². The Morgan fingerprint density at radius 3 is 3.06 bits per heavy atom. The number of nitrogens with zero attached hydrogens (tertiary/aromatic N) is 4. The van der Waals surface area contributed by atoms with Crippen LogP contribution in [0.1, 0.15) is 12.6 Å². The molecule has 0 atom stereocenters. The van der Waals surface area contributed by atoms with Crippen molar-refractivity contribution in [1.82, 2.24) is 24.6 Å². The number of hydrogen-bond donors (Lipinski definition) is 1. The fourth-order valence-corrected chi connectivity index (χ4v) is 1.59. The Morgan fingerprint density at radius 1 is 1.38 bits per heavy atom. The summed E-state index contributed by atoms with van der Waals surface area (Å²) in [6.45, 7) is 5.73. The maximum Gasteiger partial charge on any atom is 0.0949 e. The van der Waals surface area contributed by atoms with Gasteiger partial charge in [0, 0.05) is 31.7 Å². The van der Waals surface area contributed by atoms with Gasteiger partial charge in [-0.15, -0.1) is 0 Å². The van der Waals surface area contributed by atoms with Crippen LogP contribution in [0.15, 0.2) is 31.0 Å². The summed E-state index contributed by atoms with van der Waals surface area (Å²) in [4.78, 5) is 4.17. The molecule has 2 rings (SSSR count). The Balaban J connectivity index is 1.91. The van der Waals surface area contributed by atoms with E-state index in [1.165, 1.54) is 5.69 Å². The van der Waals surface area contributed by atoms with E-state index in [1.807, 2.05) is 29.5 Å². The van der Waals surface area contributed by atoms with E-state index in [4.69, 9.17) is 0 Å². The largest absolute Gasteiger partial charge is 0.332 e. The molecule has 0 saturated carbocycles. The summed E-state index contributed by atoms with van der Waals surface area (Å²) in [6, 6.07) is 1.94. The minimum atomic E-state index is 0.871. The van der Waals surface area contributed by atoms with Gasteiger partial charge < -0.3 is 9.88 Å². The molecule has 2 aromatic heterocycles. The monoisotopic (exact) mass is 219 g/mol. The van der Waals surface area contributed by atoms with Gasteiger partial charge in [-0.1, -0.05) is 6.92 Å². The standard InChI is InChI=1S/C11H17N5/c1-2-12-8-11-9-13-10-15(11)6-7-16-5-3-4-14-16/h3-5,9-10,12H,2,6-8H2,1H3. The molecule has 0 unspecified atom stereocenters. The molecule has 1 N–H and O–H groups in total. The second-order valence-corrected chi connectivity index (χ2v) is 3.63. The Kier molecular flexibility index (Phi) is 3.71. The van der Waals surface area contributed by atoms with Gasteiger partial charge in [-0.25, -0.2) is 4.98 Å². The van der Waals surface area contributed by atoms with Crippen molar-refractivity contribution in [1.29, 1.82) is 0 Å². The third-order valence-electron chi connectivity index (χ3n) is 2.48. The molecule has 86 valence electrons. The molecule has 16 heavy (non-hydrogen) atoms. The lowest BCUT2D eigenvalue weighted by molar-refractivity contribution is 0.515. The Morgan fingerprint density at radius 2 is 2.31 bits per heavy atom. The molecular weight excluding hydrogens is 202 g/mol. The number of hydrogen-bond acceptors (Lipinski definition) is 3. The predicted molar refractivity (Wildman–Crippen MR) is 61.8 cm³/mol. The first-order valence-corrected chi connectivity index (χ1v) is 5.57. The van der Waals surface area contributed by atoms with Crippen molar-refractivity contribution < 1.29 is 0 Å². The molecule has 5 nitrogen and oxygen atoms in total. The molecule has 0 fully saturated rings. The van der Waals surface area contributed by atoms with Crippen LogP contribution < -0.4 is 5.32 Å². The third-order valence-corrected chi connectivity index (χ3v) is 2.48. The van der Waals surface area contributed by atoms with Gasteiger partial charge in [-0.2, -0.15) is 5.10 Å². The first-order valence-electron chi connectivity index (χ1n) is 5.57. The highest BCUT2D eigenvalue weighted by atomic mass is 15.3. The lowest BCUT2D eigenvalue weighted by Crippen LogP contribution is -2.16. The zero-order chi connectivity index (χ0) is 11.2. The molecule has 0 aliphatic heterocycles. The van der Waals surface area contributed by atoms with E-state index in [0.717, 1.165) is 26.2 Å². The van der Waals surface area contributed by atoms with Crippen molar-refractivity contribution in [2.45, 2.75) is 26.6 Å². The lowest BCUT2D eigenvalue weighted by Gasteiger charge is -2.08. The van der Waals surface area contributed by atoms with E-state index in [0.29, 0.717) is 0 Å². The van der Waals surface area contributed by atoms with Crippen molar-refractivity contribution in [2.24, 2.45) is 0 Å². The van der Waals surface area contributed by atoms with Crippen molar-refractivity contribution in [3.8, 4) is 0 Å². The highest BCUT2D eigenvalue weighted by molar-refractivity contribution is 4.97. The molecule has 0 spiro atoms. The van der Waals surface area contributed by atoms with Crippen LogP contribution in [0.4, 0.5) is 0 Å². The van der Waals surface area contributed by atoms with Gasteiger partial charge in [-0.3, -0.25) is 4.68 Å². The van der Waals surface area contributed by atoms with Gasteiger partial charge in [0.2, 0.25) is 0 Å². The van der Waals surface area contributed by atoms with Crippen molar-refractivity contribution in [3.05, 3.63) is 36.7 Å². The van der Waals surface area contributed by atoms with Gasteiger partial charge in [0.1, 0.15) is 0 Å². The highest BCUT2D eigenvalue weighted by Crippen LogP contribution is 1.99. The van der Waals surface area contributed by atoms with E-state index in [-0.39, 0.29) is 0 Å². The Hall–Kier alpha value is -1.62. The van der Waals surface area contributed by atoms with Crippen LogP contribution in [0.2, 0.25) is 0 Å². The molecule has 0 saturated heterocycles. The molecule has 5 heteroatoms. The van der Waals surface area contributed by atoms with Gasteiger partial charge >= 0.3 is 0 Å². The first kappa shape index (κ1) is 10.9. The second-order valence-electron chi connectivity index (χ2n) is 3.63. The number of aromatic nitrogens is 4. The molecule has 2 aromatic rings. The van der Waals surface area contributed by atoms with Crippen LogP contribution in [0, 0.1) is 0 Å². The summed E-state index contributed by atoms with van der Waals surface area (Å²) in [5.41, 5.74) is 1.22. The summed E-state index contributed by atoms with van der Waals surface area (Å²) < 4.78 is 4.08. The SMILES string of the molecule is CCNCc1cncn1CCn1cccn1. The zero-order valence-corrected chi connectivity index (χ0v) is 9.50. The first-order chi connectivity index (χ1) is 7.90. The molecule has 0 aliphatic rings. The van der Waals surface area contributed by atoms with E-state index < -0.39 is 0 Å². The fraction of sp³-hybridized carbons (Fsp3) is 0.455. The molecule has 0 aromatic carbocycles. The summed E-state index contributed by atoms with van der Waals surface area (Å²) in [7, 11) is 0. The Bertz CT molecular complexity index is 404. The average molecular weight is 219 g/mol. The average Bonchev–Trinajstić information content (AvgIpc) is 2.94. The molecule has 0 aliphatic carbocycles. The maximum absolute atomic E-state index is 4.17. The van der Waals surface area contributed by atoms with Gasteiger partial charge in [-0.05, 0) is 12.6 Å². The normalized spacial score (nSPS) is 10.8. The van der Waals surface area contributed by atoms with Gasteiger partial charge in [0.15, 0.2) is 0 Å². The van der Waals surface area contributed by atoms with E-state index in [9.17, 15) is 0 Å². The molecule has 0 radical (unpaired) electrons. The van der Waals surface area contributed by atoms with Gasteiger partial charge in [0.25, 0.3) is 0 Å². The number of rotatable bonds is 6. The molecule has 0 bridgehead atoms. The molecular formula is C11H17N5. The van der Waals surface area contributed by atoms with Crippen molar-refractivity contribution in [2.75, 3.05) is 6.54 Å². The minimum Gasteiger partial charge on any atom is -0.332 e. The smallest absolute Gasteiger partial charge is 0.0949 e. The van der Waals surface area contributed by atoms with Crippen LogP contribution in [0.5, 0.6) is 0 Å². The summed E-state index contributed by atoms with van der Waals surface area (Å²) in [6.07, 6.45) is 7.55. The minimum absolute atomic E-state index is 0.871. The highest BCUT2D eigenvalue weighted by Gasteiger charge is 2.01. The summed E-state index contributed by atoms with van der Waals surface area (Å²) >= 11 is 0. The number of nitrogens with one attached hydrogen (secondary N) is 1. The van der Waals surface area contributed by atoms with E-state index in [2.05, 4.69) is 26.9 Å². The van der Waals surface area contributed by atoms with Crippen LogP contribution in [-0.2, 0) is 19.6 Å². The maximum atomic E-state index is 4.17. The second kappa shape index (κ2) is 5.46. The van der Waals surface area contributed by atoms with Crippen molar-refractivity contribution in [3.63, 3.8) is 0 Å². The third kappa shape index (κ3) is 2.70. The molecule has 2 heterocycles. The van der Waals surface area contributed by atoms with Crippen LogP contribution in [-0.4, -0.2) is 25.9 Å². The predicted octanol–water partition coefficient (Wildman–Crippen LogP) is 0.889. The Labute approximate surface area is 95.1 Å². The summed E-state index contributed by atoms with van der Waals surface area (Å²) in [5.74, 6) is 0. The number of aryl methyl sites for hydroxylation is 2. The number of imidazole rings is 1. The lowest BCUT2D eigenvalue weighted by atomic mass is 10.4. The van der Waals surface area contributed by atoms with E-state index in [1.54, 1.807) is 6.20 Å². The fourth-order valence-electron chi connectivity index (χ4n) is 1.59. The topological polar surface area (TPSA) is 47.7 Å². The van der Waals surface area contributed by atoms with E-state index >= 15 is 0 Å².